The quantitative estimate of drug-likeness (QED) is 0.225. The predicted octanol–water partition coefficient (Wildman–Crippen LogP) is 5.69. The Hall–Kier alpha value is -4.09. The van der Waals surface area contributed by atoms with Gasteiger partial charge in [0.05, 0.1) is 36.0 Å². The highest BCUT2D eigenvalue weighted by Crippen LogP contribution is 2.43. The van der Waals surface area contributed by atoms with Crippen LogP contribution in [0, 0.1) is 5.92 Å². The van der Waals surface area contributed by atoms with E-state index in [2.05, 4.69) is 27.2 Å². The number of hydrogen-bond acceptors (Lipinski definition) is 8. The first kappa shape index (κ1) is 28.0. The summed E-state index contributed by atoms with van der Waals surface area (Å²) >= 11 is 1.64. The fourth-order valence-corrected chi connectivity index (χ4v) is 6.08. The molecule has 6 rings (SSSR count). The number of rotatable bonds is 8. The maximum absolute atomic E-state index is 13.1. The SMILES string of the molecule is C[C@H]1[C@@H](CSc2nccn2C)O[C@@H](c2cccc(NC(=O)c3cnc4ccccc4n3)c2)O[C@H]1c1ccc(CO)cc1. The fraction of sp³-hybridized carbons (Fsp3) is 0.250. The van der Waals surface area contributed by atoms with Crippen LogP contribution in [0.3, 0.4) is 0 Å². The summed E-state index contributed by atoms with van der Waals surface area (Å²) in [5, 5.41) is 13.4. The molecular formula is C32H31N5O4S. The van der Waals surface area contributed by atoms with E-state index in [1.807, 2.05) is 90.6 Å². The number of fused-ring (bicyclic) bond motifs is 1. The molecule has 2 N–H and O–H groups in total. The lowest BCUT2D eigenvalue weighted by Crippen LogP contribution is -2.38. The van der Waals surface area contributed by atoms with Crippen molar-refractivity contribution in [2.45, 2.75) is 37.2 Å². The van der Waals surface area contributed by atoms with Crippen molar-refractivity contribution in [3.05, 3.63) is 114 Å². The van der Waals surface area contributed by atoms with Crippen LogP contribution in [0.2, 0.25) is 0 Å². The van der Waals surface area contributed by atoms with Gasteiger partial charge in [0.1, 0.15) is 5.69 Å². The molecule has 1 amide bonds. The van der Waals surface area contributed by atoms with Crippen molar-refractivity contribution in [1.82, 2.24) is 19.5 Å². The van der Waals surface area contributed by atoms with Gasteiger partial charge in [-0.1, -0.05) is 67.2 Å². The van der Waals surface area contributed by atoms with E-state index in [0.717, 1.165) is 27.4 Å². The van der Waals surface area contributed by atoms with Crippen molar-refractivity contribution in [3.63, 3.8) is 0 Å². The maximum atomic E-state index is 13.1. The third-order valence-electron chi connectivity index (χ3n) is 7.37. The van der Waals surface area contributed by atoms with Crippen LogP contribution in [0.15, 0.2) is 96.5 Å². The molecule has 0 unspecified atom stereocenters. The molecule has 5 aromatic rings. The zero-order chi connectivity index (χ0) is 29.1. The minimum absolute atomic E-state index is 0.0146. The average Bonchev–Trinajstić information content (AvgIpc) is 3.44. The number of thioether (sulfide) groups is 1. The summed E-state index contributed by atoms with van der Waals surface area (Å²) in [4.78, 5) is 26.3. The van der Waals surface area contributed by atoms with E-state index in [9.17, 15) is 9.90 Å². The van der Waals surface area contributed by atoms with Gasteiger partial charge in [-0.3, -0.25) is 9.78 Å². The molecule has 1 aliphatic heterocycles. The number of aryl methyl sites for hydroxylation is 1. The van der Waals surface area contributed by atoms with Gasteiger partial charge in [-0.2, -0.15) is 0 Å². The predicted molar refractivity (Wildman–Crippen MR) is 161 cm³/mol. The van der Waals surface area contributed by atoms with Crippen LogP contribution in [0.1, 0.15) is 46.5 Å². The molecule has 3 heterocycles. The lowest BCUT2D eigenvalue weighted by atomic mass is 9.91. The number of carbonyl (C=O) groups is 1. The first-order chi connectivity index (χ1) is 20.5. The molecule has 1 aliphatic rings. The number of anilines is 1. The number of amides is 1. The first-order valence-electron chi connectivity index (χ1n) is 13.7. The number of aliphatic hydroxyl groups is 1. The lowest BCUT2D eigenvalue weighted by molar-refractivity contribution is -0.268. The Balaban J connectivity index is 1.24. The summed E-state index contributed by atoms with van der Waals surface area (Å²) in [6.45, 7) is 2.12. The molecule has 4 atom stereocenters. The third-order valence-corrected chi connectivity index (χ3v) is 8.52. The number of hydrogen-bond donors (Lipinski definition) is 2. The minimum Gasteiger partial charge on any atom is -0.392 e. The highest BCUT2D eigenvalue weighted by molar-refractivity contribution is 7.99. The molecule has 0 aliphatic carbocycles. The molecule has 0 saturated carbocycles. The smallest absolute Gasteiger partial charge is 0.275 e. The zero-order valence-electron chi connectivity index (χ0n) is 23.3. The van der Waals surface area contributed by atoms with Gasteiger partial charge < -0.3 is 24.5 Å². The first-order valence-corrected chi connectivity index (χ1v) is 14.7. The minimum atomic E-state index is -0.659. The monoisotopic (exact) mass is 581 g/mol. The summed E-state index contributed by atoms with van der Waals surface area (Å²) in [5.41, 5.74) is 4.86. The maximum Gasteiger partial charge on any atom is 0.275 e. The Kier molecular flexibility index (Phi) is 8.29. The summed E-state index contributed by atoms with van der Waals surface area (Å²) in [5.74, 6) is 0.382. The van der Waals surface area contributed by atoms with Gasteiger partial charge in [0.15, 0.2) is 11.4 Å². The van der Waals surface area contributed by atoms with Crippen LogP contribution in [0.4, 0.5) is 5.69 Å². The molecule has 0 bridgehead atoms. The van der Waals surface area contributed by atoms with Gasteiger partial charge >= 0.3 is 0 Å². The molecule has 9 nitrogen and oxygen atoms in total. The van der Waals surface area contributed by atoms with Crippen molar-refractivity contribution in [3.8, 4) is 0 Å². The van der Waals surface area contributed by atoms with E-state index in [-0.39, 0.29) is 36.3 Å². The van der Waals surface area contributed by atoms with E-state index in [0.29, 0.717) is 17.0 Å². The van der Waals surface area contributed by atoms with Gasteiger partial charge in [0, 0.05) is 42.4 Å². The number of imidazole rings is 1. The van der Waals surface area contributed by atoms with E-state index in [1.165, 1.54) is 6.20 Å². The number of carbonyl (C=O) groups excluding carboxylic acids is 1. The largest absolute Gasteiger partial charge is 0.392 e. The van der Waals surface area contributed by atoms with Gasteiger partial charge in [0.25, 0.3) is 5.91 Å². The molecule has 1 saturated heterocycles. The topological polar surface area (TPSA) is 111 Å². The normalized spacial score (nSPS) is 20.5. The standard InChI is InChI=1S/C32H31N5O4S/c1-20-28(19-42-32-33-14-15-37(32)2)40-31(41-29(20)22-12-10-21(18-38)11-13-22)23-6-5-7-24(16-23)35-30(39)27-17-34-25-8-3-4-9-26(25)36-27/h3-17,20,28-29,31,38H,18-19H2,1-2H3,(H,35,39)/t20-,28+,29+,31+/m0/s1. The molecule has 0 radical (unpaired) electrons. The number of nitrogens with zero attached hydrogens (tertiary/aromatic N) is 4. The zero-order valence-corrected chi connectivity index (χ0v) is 24.1. The molecule has 0 spiro atoms. The number of ether oxygens (including phenoxy) is 2. The fourth-order valence-electron chi connectivity index (χ4n) is 4.98. The van der Waals surface area contributed by atoms with Crippen LogP contribution in [-0.2, 0) is 23.1 Å². The second-order valence-electron chi connectivity index (χ2n) is 10.3. The van der Waals surface area contributed by atoms with Crippen LogP contribution in [0.25, 0.3) is 11.0 Å². The van der Waals surface area contributed by atoms with E-state index in [4.69, 9.17) is 9.47 Å². The molecule has 3 aromatic carbocycles. The van der Waals surface area contributed by atoms with Crippen LogP contribution in [0.5, 0.6) is 0 Å². The van der Waals surface area contributed by atoms with Gasteiger partial charge in [-0.05, 0) is 35.4 Å². The van der Waals surface area contributed by atoms with Crippen molar-refractivity contribution in [2.75, 3.05) is 11.1 Å². The number of aliphatic hydroxyl groups excluding tert-OH is 1. The van der Waals surface area contributed by atoms with E-state index in [1.54, 1.807) is 18.0 Å². The Morgan fingerprint density at radius 2 is 1.81 bits per heavy atom. The summed E-state index contributed by atoms with van der Waals surface area (Å²) < 4.78 is 15.1. The molecule has 1 fully saturated rings. The van der Waals surface area contributed by atoms with Crippen molar-refractivity contribution in [1.29, 1.82) is 0 Å². The summed E-state index contributed by atoms with van der Waals surface area (Å²) in [6.07, 6.45) is 4.15. The number of para-hydroxylation sites is 2. The van der Waals surface area contributed by atoms with Crippen molar-refractivity contribution >= 4 is 34.4 Å². The lowest BCUT2D eigenvalue weighted by Gasteiger charge is -2.41. The van der Waals surface area contributed by atoms with Gasteiger partial charge in [-0.15, -0.1) is 0 Å². The van der Waals surface area contributed by atoms with E-state index < -0.39 is 6.29 Å². The molecule has 2 aromatic heterocycles. The second kappa shape index (κ2) is 12.4. The van der Waals surface area contributed by atoms with Crippen LogP contribution < -0.4 is 5.32 Å². The number of benzene rings is 3. The Morgan fingerprint density at radius 3 is 2.57 bits per heavy atom. The van der Waals surface area contributed by atoms with Gasteiger partial charge in [0.2, 0.25) is 0 Å². The average molecular weight is 582 g/mol. The summed E-state index contributed by atoms with van der Waals surface area (Å²) in [7, 11) is 1.97. The van der Waals surface area contributed by atoms with Crippen molar-refractivity contribution < 1.29 is 19.4 Å². The molecule has 42 heavy (non-hydrogen) atoms. The Labute approximate surface area is 247 Å². The molecule has 214 valence electrons. The van der Waals surface area contributed by atoms with E-state index >= 15 is 0 Å². The Morgan fingerprint density at radius 1 is 1.00 bits per heavy atom. The summed E-state index contributed by atoms with van der Waals surface area (Å²) in [6, 6.07) is 22.7. The van der Waals surface area contributed by atoms with Crippen LogP contribution in [-0.4, -0.2) is 42.4 Å². The highest BCUT2D eigenvalue weighted by Gasteiger charge is 2.38. The number of nitrogens with one attached hydrogen (secondary N) is 1. The van der Waals surface area contributed by atoms with Gasteiger partial charge in [-0.25, -0.2) is 9.97 Å². The second-order valence-corrected chi connectivity index (χ2v) is 11.3. The highest BCUT2D eigenvalue weighted by atomic mass is 32.2. The van der Waals surface area contributed by atoms with Crippen LogP contribution >= 0.6 is 11.8 Å². The van der Waals surface area contributed by atoms with Crippen molar-refractivity contribution in [2.24, 2.45) is 13.0 Å². The number of aromatic nitrogens is 4. The molecule has 10 heteroatoms. The third kappa shape index (κ3) is 6.07. The Bertz CT molecular complexity index is 1690. The molecular weight excluding hydrogens is 550 g/mol.